The second kappa shape index (κ2) is 6.67. The maximum Gasteiger partial charge on any atom is 0.321 e. The predicted molar refractivity (Wildman–Crippen MR) is 80.4 cm³/mol. The molecule has 0 aliphatic rings. The summed E-state index contributed by atoms with van der Waals surface area (Å²) in [6.45, 7) is 3.68. The smallest absolute Gasteiger partial charge is 0.321 e. The van der Waals surface area contributed by atoms with Crippen LogP contribution >= 0.6 is 22.6 Å². The number of aliphatic carboxylic acids is 1. The Kier molecular flexibility index (Phi) is 5.75. The van der Waals surface area contributed by atoms with E-state index in [2.05, 4.69) is 27.3 Å². The van der Waals surface area contributed by atoms with E-state index in [4.69, 9.17) is 5.11 Å². The van der Waals surface area contributed by atoms with Crippen LogP contribution in [0.4, 0.5) is 0 Å². The molecule has 0 aromatic heterocycles. The van der Waals surface area contributed by atoms with Gasteiger partial charge in [0.15, 0.2) is 0 Å². The highest BCUT2D eigenvalue weighted by Crippen LogP contribution is 2.14. The number of benzene rings is 1. The molecule has 0 radical (unpaired) electrons. The molecule has 7 heteroatoms. The molecule has 0 heterocycles. The fraction of sp³-hybridized carbons (Fsp3) is 0.417. The van der Waals surface area contributed by atoms with Crippen LogP contribution in [-0.2, 0) is 14.8 Å². The fourth-order valence-corrected chi connectivity index (χ4v) is 3.10. The maximum atomic E-state index is 12.1. The number of rotatable bonds is 6. The summed E-state index contributed by atoms with van der Waals surface area (Å²) in [4.78, 5) is 11.1. The predicted octanol–water partition coefficient (Wildman–Crippen LogP) is 2.07. The molecule has 1 rings (SSSR count). The van der Waals surface area contributed by atoms with Crippen LogP contribution in [0.25, 0.3) is 0 Å². The van der Waals surface area contributed by atoms with Gasteiger partial charge in [-0.05, 0) is 59.2 Å². The monoisotopic (exact) mass is 397 g/mol. The Morgan fingerprint density at radius 1 is 1.32 bits per heavy atom. The summed E-state index contributed by atoms with van der Waals surface area (Å²) in [7, 11) is -3.80. The van der Waals surface area contributed by atoms with E-state index in [1.807, 2.05) is 13.8 Å². The number of halogens is 1. The van der Waals surface area contributed by atoms with E-state index < -0.39 is 22.0 Å². The summed E-state index contributed by atoms with van der Waals surface area (Å²) < 4.78 is 27.3. The van der Waals surface area contributed by atoms with E-state index in [0.29, 0.717) is 0 Å². The molecule has 1 atom stereocenters. The van der Waals surface area contributed by atoms with Gasteiger partial charge in [0.05, 0.1) is 4.90 Å². The molecule has 0 aliphatic heterocycles. The van der Waals surface area contributed by atoms with Crippen molar-refractivity contribution >= 4 is 38.6 Å². The SMILES string of the molecule is CC(C)C[C@H](NS(=O)(=O)c1ccc(I)cc1)C(=O)O. The average Bonchev–Trinajstić information content (AvgIpc) is 2.27. The zero-order valence-corrected chi connectivity index (χ0v) is 13.6. The zero-order chi connectivity index (χ0) is 14.6. The first-order valence-corrected chi connectivity index (χ1v) is 8.29. The summed E-state index contributed by atoms with van der Waals surface area (Å²) >= 11 is 2.07. The van der Waals surface area contributed by atoms with Gasteiger partial charge in [-0.25, -0.2) is 8.42 Å². The Balaban J connectivity index is 2.94. The first-order valence-electron chi connectivity index (χ1n) is 5.73. The number of nitrogens with one attached hydrogen (secondary N) is 1. The average molecular weight is 397 g/mol. The lowest BCUT2D eigenvalue weighted by Crippen LogP contribution is -2.41. The van der Waals surface area contributed by atoms with Crippen molar-refractivity contribution in [3.63, 3.8) is 0 Å². The van der Waals surface area contributed by atoms with Crippen LogP contribution in [0.1, 0.15) is 20.3 Å². The molecule has 1 aromatic carbocycles. The molecule has 0 bridgehead atoms. The molecule has 2 N–H and O–H groups in total. The number of hydrogen-bond donors (Lipinski definition) is 2. The Morgan fingerprint density at radius 3 is 2.26 bits per heavy atom. The molecule has 0 spiro atoms. The van der Waals surface area contributed by atoms with Gasteiger partial charge in [-0.2, -0.15) is 4.72 Å². The lowest BCUT2D eigenvalue weighted by molar-refractivity contribution is -0.139. The second-order valence-corrected chi connectivity index (χ2v) is 7.56. The van der Waals surface area contributed by atoms with Crippen LogP contribution in [0.5, 0.6) is 0 Å². The summed E-state index contributed by atoms with van der Waals surface area (Å²) in [6, 6.07) is 5.13. The number of carboxylic acid groups (broad SMARTS) is 1. The van der Waals surface area contributed by atoms with Crippen molar-refractivity contribution < 1.29 is 18.3 Å². The molecule has 106 valence electrons. The molecule has 0 saturated carbocycles. The van der Waals surface area contributed by atoms with Crippen molar-refractivity contribution in [2.45, 2.75) is 31.2 Å². The van der Waals surface area contributed by atoms with Crippen LogP contribution in [-0.4, -0.2) is 25.5 Å². The summed E-state index contributed by atoms with van der Waals surface area (Å²) in [6.07, 6.45) is 0.249. The Labute approximate surface area is 126 Å². The molecule has 0 aliphatic carbocycles. The molecular formula is C12H16INO4S. The highest BCUT2D eigenvalue weighted by molar-refractivity contribution is 14.1. The maximum absolute atomic E-state index is 12.1. The van der Waals surface area contributed by atoms with E-state index in [9.17, 15) is 13.2 Å². The van der Waals surface area contributed by atoms with Gasteiger partial charge in [0.2, 0.25) is 10.0 Å². The van der Waals surface area contributed by atoms with Gasteiger partial charge in [-0.1, -0.05) is 13.8 Å². The standard InChI is InChI=1S/C12H16INO4S/c1-8(2)7-11(12(15)16)14-19(17,18)10-5-3-9(13)4-6-10/h3-6,8,11,14H,7H2,1-2H3,(H,15,16)/t11-/m0/s1. The third kappa shape index (κ3) is 5.07. The normalized spacial score (nSPS) is 13.5. The van der Waals surface area contributed by atoms with Crippen molar-refractivity contribution in [2.75, 3.05) is 0 Å². The van der Waals surface area contributed by atoms with Gasteiger partial charge in [-0.3, -0.25) is 4.79 Å². The first-order chi connectivity index (χ1) is 8.72. The van der Waals surface area contributed by atoms with Gasteiger partial charge in [0, 0.05) is 3.57 Å². The van der Waals surface area contributed by atoms with Crippen LogP contribution in [0.3, 0.4) is 0 Å². The second-order valence-electron chi connectivity index (χ2n) is 4.60. The van der Waals surface area contributed by atoms with Crippen LogP contribution in [0, 0.1) is 9.49 Å². The highest BCUT2D eigenvalue weighted by Gasteiger charge is 2.25. The molecule has 0 fully saturated rings. The van der Waals surface area contributed by atoms with Gasteiger partial charge in [0.1, 0.15) is 6.04 Å². The lowest BCUT2D eigenvalue weighted by atomic mass is 10.1. The minimum Gasteiger partial charge on any atom is -0.480 e. The third-order valence-electron chi connectivity index (χ3n) is 2.43. The van der Waals surface area contributed by atoms with Crippen molar-refractivity contribution in [2.24, 2.45) is 5.92 Å². The van der Waals surface area contributed by atoms with Gasteiger partial charge in [0.25, 0.3) is 0 Å². The molecule has 0 saturated heterocycles. The van der Waals surface area contributed by atoms with E-state index in [1.54, 1.807) is 12.1 Å². The minimum absolute atomic E-state index is 0.0722. The third-order valence-corrected chi connectivity index (χ3v) is 4.63. The van der Waals surface area contributed by atoms with Gasteiger partial charge >= 0.3 is 5.97 Å². The molecule has 1 aromatic rings. The van der Waals surface area contributed by atoms with Crippen molar-refractivity contribution in [1.82, 2.24) is 4.72 Å². The number of sulfonamides is 1. The molecular weight excluding hydrogens is 381 g/mol. The van der Waals surface area contributed by atoms with Crippen molar-refractivity contribution in [3.05, 3.63) is 27.8 Å². The van der Waals surface area contributed by atoms with E-state index in [1.165, 1.54) is 12.1 Å². The summed E-state index contributed by atoms with van der Waals surface area (Å²) in [5.74, 6) is -1.08. The van der Waals surface area contributed by atoms with Crippen LogP contribution in [0.2, 0.25) is 0 Å². The highest BCUT2D eigenvalue weighted by atomic mass is 127. The summed E-state index contributed by atoms with van der Waals surface area (Å²) in [5, 5.41) is 9.05. The Bertz CT molecular complexity index is 539. The Hall–Kier alpha value is -0.670. The zero-order valence-electron chi connectivity index (χ0n) is 10.6. The number of carbonyl (C=O) groups is 1. The lowest BCUT2D eigenvalue weighted by Gasteiger charge is -2.16. The van der Waals surface area contributed by atoms with Gasteiger partial charge < -0.3 is 5.11 Å². The quantitative estimate of drug-likeness (QED) is 0.720. The van der Waals surface area contributed by atoms with Crippen molar-refractivity contribution in [3.8, 4) is 0 Å². The van der Waals surface area contributed by atoms with Crippen LogP contribution < -0.4 is 4.72 Å². The van der Waals surface area contributed by atoms with E-state index in [0.717, 1.165) is 3.57 Å². The molecule has 0 unspecified atom stereocenters. The molecule has 5 nitrogen and oxygen atoms in total. The minimum atomic E-state index is -3.80. The Morgan fingerprint density at radius 2 is 1.84 bits per heavy atom. The van der Waals surface area contributed by atoms with E-state index >= 15 is 0 Å². The van der Waals surface area contributed by atoms with E-state index in [-0.39, 0.29) is 17.2 Å². The first kappa shape index (κ1) is 16.4. The molecule has 0 amide bonds. The molecule has 19 heavy (non-hydrogen) atoms. The summed E-state index contributed by atoms with van der Waals surface area (Å²) in [5.41, 5.74) is 0. The largest absolute Gasteiger partial charge is 0.480 e. The fourth-order valence-electron chi connectivity index (χ4n) is 1.54. The van der Waals surface area contributed by atoms with Crippen molar-refractivity contribution in [1.29, 1.82) is 0 Å². The van der Waals surface area contributed by atoms with Gasteiger partial charge in [-0.15, -0.1) is 0 Å². The number of carboxylic acids is 1. The van der Waals surface area contributed by atoms with Crippen LogP contribution in [0.15, 0.2) is 29.2 Å². The number of hydrogen-bond acceptors (Lipinski definition) is 3. The topological polar surface area (TPSA) is 83.5 Å².